The number of phenols is 1. The van der Waals surface area contributed by atoms with Crippen molar-refractivity contribution in [2.24, 2.45) is 0 Å². The predicted octanol–water partition coefficient (Wildman–Crippen LogP) is 8.40. The van der Waals surface area contributed by atoms with E-state index in [-0.39, 0.29) is 5.41 Å². The van der Waals surface area contributed by atoms with Gasteiger partial charge in [0.25, 0.3) is 0 Å². The molecule has 1 aliphatic carbocycles. The van der Waals surface area contributed by atoms with Crippen molar-refractivity contribution in [3.63, 3.8) is 0 Å². The Kier molecular flexibility index (Phi) is 5.40. The molecule has 33 heavy (non-hydrogen) atoms. The molecule has 0 radical (unpaired) electrons. The summed E-state index contributed by atoms with van der Waals surface area (Å²) in [5, 5.41) is 13.1. The maximum absolute atomic E-state index is 11.0. The van der Waals surface area contributed by atoms with Gasteiger partial charge in [-0.15, -0.1) is 0 Å². The van der Waals surface area contributed by atoms with E-state index in [2.05, 4.69) is 75.4 Å². The summed E-state index contributed by atoms with van der Waals surface area (Å²) in [4.78, 5) is 0. The first kappa shape index (κ1) is 21.6. The lowest BCUT2D eigenvalue weighted by Crippen LogP contribution is -2.25. The average molecular weight is 437 g/mol. The van der Waals surface area contributed by atoms with Crippen molar-refractivity contribution >= 4 is 10.8 Å². The topological polar surface area (TPSA) is 29.5 Å². The summed E-state index contributed by atoms with van der Waals surface area (Å²) in [6.45, 7) is 6.67. The maximum Gasteiger partial charge on any atom is 0.123 e. The van der Waals surface area contributed by atoms with Gasteiger partial charge in [-0.3, -0.25) is 0 Å². The molecular weight excluding hydrogens is 404 g/mol. The van der Waals surface area contributed by atoms with Gasteiger partial charge in [-0.2, -0.15) is 0 Å². The van der Waals surface area contributed by atoms with E-state index in [4.69, 9.17) is 4.74 Å². The summed E-state index contributed by atoms with van der Waals surface area (Å²) < 4.78 is 5.36. The Bertz CT molecular complexity index is 1330. The summed E-state index contributed by atoms with van der Waals surface area (Å²) in [7, 11) is 1.70. The second-order valence-electron chi connectivity index (χ2n) is 9.44. The van der Waals surface area contributed by atoms with Crippen molar-refractivity contribution in [3.8, 4) is 33.8 Å². The quantitative estimate of drug-likeness (QED) is 0.329. The second kappa shape index (κ2) is 8.26. The van der Waals surface area contributed by atoms with E-state index in [0.29, 0.717) is 5.75 Å². The highest BCUT2D eigenvalue weighted by Gasteiger charge is 2.43. The fourth-order valence-electron chi connectivity index (χ4n) is 5.97. The van der Waals surface area contributed by atoms with Crippen molar-refractivity contribution in [1.29, 1.82) is 0 Å². The van der Waals surface area contributed by atoms with Gasteiger partial charge in [0, 0.05) is 10.8 Å². The predicted molar refractivity (Wildman–Crippen MR) is 138 cm³/mol. The van der Waals surface area contributed by atoms with Crippen molar-refractivity contribution in [1.82, 2.24) is 0 Å². The van der Waals surface area contributed by atoms with Crippen LogP contribution in [0.1, 0.15) is 56.2 Å². The average Bonchev–Trinajstić information content (AvgIpc) is 3.08. The number of hydrogen-bond acceptors (Lipinski definition) is 2. The van der Waals surface area contributed by atoms with Crippen molar-refractivity contribution in [2.75, 3.05) is 7.11 Å². The van der Waals surface area contributed by atoms with Crippen LogP contribution in [0, 0.1) is 6.92 Å². The monoisotopic (exact) mass is 436 g/mol. The minimum absolute atomic E-state index is 0.0773. The number of hydrogen-bond donors (Lipinski definition) is 1. The molecule has 1 N–H and O–H groups in total. The summed E-state index contributed by atoms with van der Waals surface area (Å²) in [5.74, 6) is 1.26. The minimum Gasteiger partial charge on any atom is -0.507 e. The van der Waals surface area contributed by atoms with Crippen LogP contribution in [-0.4, -0.2) is 12.2 Å². The smallest absolute Gasteiger partial charge is 0.123 e. The molecule has 0 heterocycles. The highest BCUT2D eigenvalue weighted by molar-refractivity contribution is 6.05. The molecule has 4 aromatic rings. The largest absolute Gasteiger partial charge is 0.507 e. The molecule has 0 saturated heterocycles. The molecule has 0 fully saturated rings. The maximum atomic E-state index is 11.0. The van der Waals surface area contributed by atoms with Crippen molar-refractivity contribution in [3.05, 3.63) is 83.4 Å². The minimum atomic E-state index is -0.0773. The Morgan fingerprint density at radius 1 is 0.758 bits per heavy atom. The molecule has 4 aromatic carbocycles. The molecule has 1 aliphatic rings. The first-order chi connectivity index (χ1) is 16.0. The molecule has 5 rings (SSSR count). The lowest BCUT2D eigenvalue weighted by Gasteiger charge is -2.32. The molecule has 0 spiro atoms. The van der Waals surface area contributed by atoms with Crippen LogP contribution >= 0.6 is 0 Å². The molecule has 0 unspecified atom stereocenters. The summed E-state index contributed by atoms with van der Waals surface area (Å²) >= 11 is 0. The van der Waals surface area contributed by atoms with Crippen LogP contribution in [0.5, 0.6) is 11.5 Å². The van der Waals surface area contributed by atoms with Crippen LogP contribution < -0.4 is 4.74 Å². The van der Waals surface area contributed by atoms with E-state index in [9.17, 15) is 5.11 Å². The van der Waals surface area contributed by atoms with Gasteiger partial charge >= 0.3 is 0 Å². The number of aryl methyl sites for hydroxylation is 1. The fourth-order valence-corrected chi connectivity index (χ4v) is 5.97. The molecule has 168 valence electrons. The molecule has 0 saturated carbocycles. The Hall–Kier alpha value is -3.26. The van der Waals surface area contributed by atoms with Crippen molar-refractivity contribution < 1.29 is 9.84 Å². The van der Waals surface area contributed by atoms with Gasteiger partial charge in [-0.25, -0.2) is 0 Å². The van der Waals surface area contributed by atoms with Gasteiger partial charge in [-0.1, -0.05) is 74.7 Å². The van der Waals surface area contributed by atoms with Crippen LogP contribution in [0.3, 0.4) is 0 Å². The highest BCUT2D eigenvalue weighted by atomic mass is 16.5. The van der Waals surface area contributed by atoms with Crippen LogP contribution in [0.2, 0.25) is 0 Å². The first-order valence-corrected chi connectivity index (χ1v) is 12.1. The molecule has 0 bridgehead atoms. The number of benzene rings is 4. The Morgan fingerprint density at radius 3 is 2.12 bits per heavy atom. The zero-order valence-corrected chi connectivity index (χ0v) is 20.0. The normalized spacial score (nSPS) is 13.7. The number of aromatic hydroxyl groups is 1. The molecule has 0 amide bonds. The Balaban J connectivity index is 1.81. The number of ether oxygens (including phenoxy) is 1. The summed E-state index contributed by atoms with van der Waals surface area (Å²) in [6, 6.07) is 23.7. The number of fused-ring (bicyclic) bond motifs is 5. The molecule has 0 aromatic heterocycles. The van der Waals surface area contributed by atoms with Gasteiger partial charge < -0.3 is 9.84 Å². The standard InChI is InChI=1S/C31H32O2/c1-5-15-31(16-6-2)27-18-22(21-8-11-23(33-4)12-9-21)10-14-25(27)30-26-17-20(3)7-13-24(26)29(32)19-28(30)31/h7-14,17-19,32H,5-6,15-16H2,1-4H3. The Labute approximate surface area is 196 Å². The van der Waals surface area contributed by atoms with Gasteiger partial charge in [0.05, 0.1) is 7.11 Å². The van der Waals surface area contributed by atoms with E-state index in [0.717, 1.165) is 42.2 Å². The fraction of sp³-hybridized carbons (Fsp3) is 0.290. The van der Waals surface area contributed by atoms with E-state index >= 15 is 0 Å². The lowest BCUT2D eigenvalue weighted by atomic mass is 9.71. The van der Waals surface area contributed by atoms with Crippen LogP contribution in [0.4, 0.5) is 0 Å². The molecule has 0 atom stereocenters. The van der Waals surface area contributed by atoms with E-state index < -0.39 is 0 Å². The number of rotatable bonds is 6. The van der Waals surface area contributed by atoms with Crippen molar-refractivity contribution in [2.45, 2.75) is 51.9 Å². The number of methoxy groups -OCH3 is 1. The SMILES string of the molecule is CCCC1(CCC)c2cc(-c3ccc(OC)cc3)ccc2-c2c1cc(O)c1ccc(C)cc21. The third kappa shape index (κ3) is 3.31. The van der Waals surface area contributed by atoms with Gasteiger partial charge in [-0.05, 0) is 82.8 Å². The highest BCUT2D eigenvalue weighted by Crippen LogP contribution is 2.57. The summed E-state index contributed by atoms with van der Waals surface area (Å²) in [6.07, 6.45) is 4.34. The molecule has 2 heteroatoms. The third-order valence-corrected chi connectivity index (χ3v) is 7.37. The van der Waals surface area contributed by atoms with Crippen LogP contribution in [0.15, 0.2) is 66.7 Å². The zero-order chi connectivity index (χ0) is 23.2. The molecule has 0 aliphatic heterocycles. The Morgan fingerprint density at radius 2 is 1.45 bits per heavy atom. The van der Waals surface area contributed by atoms with Gasteiger partial charge in [0.1, 0.15) is 11.5 Å². The van der Waals surface area contributed by atoms with Crippen LogP contribution in [0.25, 0.3) is 33.0 Å². The van der Waals surface area contributed by atoms with E-state index in [1.807, 2.05) is 12.1 Å². The second-order valence-corrected chi connectivity index (χ2v) is 9.44. The van der Waals surface area contributed by atoms with Gasteiger partial charge in [0.2, 0.25) is 0 Å². The number of phenolic OH excluding ortho intramolecular Hbond substituents is 1. The zero-order valence-electron chi connectivity index (χ0n) is 20.0. The lowest BCUT2D eigenvalue weighted by molar-refractivity contribution is 0.415. The van der Waals surface area contributed by atoms with E-state index in [1.54, 1.807) is 7.11 Å². The van der Waals surface area contributed by atoms with Gasteiger partial charge in [0.15, 0.2) is 0 Å². The molecule has 2 nitrogen and oxygen atoms in total. The van der Waals surface area contributed by atoms with E-state index in [1.165, 1.54) is 38.9 Å². The van der Waals surface area contributed by atoms with Crippen LogP contribution in [-0.2, 0) is 5.41 Å². The summed E-state index contributed by atoms with van der Waals surface area (Å²) in [5.41, 5.74) is 8.89. The third-order valence-electron chi connectivity index (χ3n) is 7.37. The first-order valence-electron chi connectivity index (χ1n) is 12.1. The molecular formula is C31H32O2.